The second-order valence-corrected chi connectivity index (χ2v) is 11.2. The number of methoxy groups -OCH3 is 1. The van der Waals surface area contributed by atoms with Crippen LogP contribution in [0.3, 0.4) is 0 Å². The summed E-state index contributed by atoms with van der Waals surface area (Å²) in [6, 6.07) is 16.5. The molecule has 1 aliphatic rings. The van der Waals surface area contributed by atoms with E-state index in [-0.39, 0.29) is 12.1 Å². The molecule has 6 nitrogen and oxygen atoms in total. The van der Waals surface area contributed by atoms with Crippen LogP contribution >= 0.6 is 34.4 Å². The lowest BCUT2D eigenvalue weighted by Crippen LogP contribution is -2.37. The van der Waals surface area contributed by atoms with Crippen molar-refractivity contribution in [2.75, 3.05) is 19.1 Å². The van der Waals surface area contributed by atoms with Crippen LogP contribution in [0.1, 0.15) is 16.1 Å². The first-order valence-electron chi connectivity index (χ1n) is 11.0. The highest BCUT2D eigenvalue weighted by atomic mass is 32.2. The van der Waals surface area contributed by atoms with Gasteiger partial charge in [-0.05, 0) is 24.6 Å². The van der Waals surface area contributed by atoms with Crippen molar-refractivity contribution in [3.63, 3.8) is 0 Å². The third-order valence-corrected chi connectivity index (χ3v) is 9.08. The van der Waals surface area contributed by atoms with Gasteiger partial charge in [-0.2, -0.15) is 4.57 Å². The number of thiazole rings is 2. The Bertz CT molecular complexity index is 1590. The third kappa shape index (κ3) is 4.71. The highest BCUT2D eigenvalue weighted by Gasteiger charge is 2.25. The summed E-state index contributed by atoms with van der Waals surface area (Å²) in [5.74, 6) is -0.453. The molecule has 0 fully saturated rings. The first kappa shape index (κ1) is 23.6. The van der Waals surface area contributed by atoms with Crippen LogP contribution in [0.2, 0.25) is 0 Å². The van der Waals surface area contributed by atoms with Crippen molar-refractivity contribution in [2.45, 2.75) is 24.9 Å². The number of aryl methyl sites for hydroxylation is 1. The van der Waals surface area contributed by atoms with Gasteiger partial charge >= 0.3 is 5.97 Å². The minimum absolute atomic E-state index is 0.130. The molecule has 4 aromatic rings. The summed E-state index contributed by atoms with van der Waals surface area (Å²) in [5.41, 5.74) is 3.26. The predicted molar refractivity (Wildman–Crippen MR) is 142 cm³/mol. The number of rotatable bonds is 5. The summed E-state index contributed by atoms with van der Waals surface area (Å²) in [7, 11) is 3.31. The third-order valence-electron chi connectivity index (χ3n) is 5.76. The molecule has 2 aromatic heterocycles. The van der Waals surface area contributed by atoms with Gasteiger partial charge < -0.3 is 9.64 Å². The maximum absolute atomic E-state index is 13.6. The van der Waals surface area contributed by atoms with Crippen LogP contribution in [-0.4, -0.2) is 24.7 Å². The lowest BCUT2D eigenvalue weighted by atomic mass is 10.2. The number of nitrogens with zero attached hydrogens (tertiary/aromatic N) is 3. The lowest BCUT2D eigenvalue weighted by molar-refractivity contribution is -0.685. The first-order valence-corrected chi connectivity index (χ1v) is 13.5. The Kier molecular flexibility index (Phi) is 6.64. The predicted octanol–water partition coefficient (Wildman–Crippen LogP) is 2.93. The number of fused-ring (bicyclic) bond motifs is 1. The highest BCUT2D eigenvalue weighted by molar-refractivity contribution is 8.08. The average Bonchev–Trinajstić information content (AvgIpc) is 3.51. The number of anilines is 1. The van der Waals surface area contributed by atoms with E-state index < -0.39 is 5.97 Å². The molecule has 0 bridgehead atoms. The van der Waals surface area contributed by atoms with E-state index in [9.17, 15) is 9.59 Å². The van der Waals surface area contributed by atoms with Gasteiger partial charge in [-0.1, -0.05) is 59.5 Å². The fourth-order valence-electron chi connectivity index (χ4n) is 3.92. The largest absolute Gasteiger partial charge is 0.468 e. The second kappa shape index (κ2) is 9.85. The van der Waals surface area contributed by atoms with Gasteiger partial charge in [0.05, 0.1) is 24.3 Å². The maximum Gasteiger partial charge on any atom is 0.325 e. The molecule has 5 rings (SSSR count). The molecule has 0 spiro atoms. The van der Waals surface area contributed by atoms with Crippen molar-refractivity contribution < 1.29 is 14.1 Å². The van der Waals surface area contributed by atoms with Crippen molar-refractivity contribution in [1.82, 2.24) is 4.57 Å². The number of thioether (sulfide) groups is 1. The van der Waals surface area contributed by atoms with Gasteiger partial charge in [0, 0.05) is 17.5 Å². The Hall–Kier alpha value is -3.14. The normalized spacial score (nSPS) is 14.9. The van der Waals surface area contributed by atoms with E-state index in [1.54, 1.807) is 23.1 Å². The number of esters is 1. The minimum Gasteiger partial charge on any atom is -0.468 e. The molecule has 35 heavy (non-hydrogen) atoms. The molecule has 0 unspecified atom stereocenters. The van der Waals surface area contributed by atoms with E-state index in [1.165, 1.54) is 34.1 Å². The van der Waals surface area contributed by atoms with Crippen LogP contribution in [0.15, 0.2) is 69.8 Å². The summed E-state index contributed by atoms with van der Waals surface area (Å²) in [6.07, 6.45) is 4.03. The van der Waals surface area contributed by atoms with Gasteiger partial charge in [0.2, 0.25) is 0 Å². The number of hydrogen-bond donors (Lipinski definition) is 0. The summed E-state index contributed by atoms with van der Waals surface area (Å²) < 4.78 is 9.89. The van der Waals surface area contributed by atoms with Crippen molar-refractivity contribution in [2.24, 2.45) is 0 Å². The van der Waals surface area contributed by atoms with Crippen LogP contribution in [0.5, 0.6) is 0 Å². The lowest BCUT2D eigenvalue weighted by Gasteiger charge is -2.12. The molecule has 2 aromatic carbocycles. The van der Waals surface area contributed by atoms with Crippen LogP contribution in [0.4, 0.5) is 5.69 Å². The number of ether oxygens (including phenoxy) is 1. The molecule has 178 valence electrons. The standard InChI is InChI=1S/C26H24N3O3S3/c1-17-9-10-19-20(13-17)34-26(27(19)2)24-25(31)29(16-23(30)32-3)22(35-24)14-21-28(11-12-33-21)15-18-7-5-4-6-8-18/h4-14H,15-16H2,1-3H3/q+1/b26-24+. The maximum atomic E-state index is 13.6. The Labute approximate surface area is 215 Å². The summed E-state index contributed by atoms with van der Waals surface area (Å²) in [5, 5.41) is 3.90. The molecule has 0 amide bonds. The van der Waals surface area contributed by atoms with E-state index in [4.69, 9.17) is 4.74 Å². The Morgan fingerprint density at radius 1 is 1.17 bits per heavy atom. The first-order chi connectivity index (χ1) is 16.9. The van der Waals surface area contributed by atoms with E-state index in [1.807, 2.05) is 42.9 Å². The summed E-state index contributed by atoms with van der Waals surface area (Å²) in [4.78, 5) is 28.9. The van der Waals surface area contributed by atoms with E-state index in [2.05, 4.69) is 46.7 Å². The van der Waals surface area contributed by atoms with Gasteiger partial charge in [-0.3, -0.25) is 14.2 Å². The monoisotopic (exact) mass is 522 g/mol. The van der Waals surface area contributed by atoms with Gasteiger partial charge in [-0.25, -0.2) is 0 Å². The Morgan fingerprint density at radius 2 is 1.97 bits per heavy atom. The summed E-state index contributed by atoms with van der Waals surface area (Å²) in [6.45, 7) is 2.65. The molecule has 0 atom stereocenters. The molecule has 1 aliphatic heterocycles. The fourth-order valence-corrected chi connectivity index (χ4v) is 7.27. The zero-order valence-electron chi connectivity index (χ0n) is 19.6. The molecule has 0 aliphatic carbocycles. The number of hydrogen-bond acceptors (Lipinski definition) is 7. The molecular formula is C26H24N3O3S3+. The molecule has 0 saturated carbocycles. The van der Waals surface area contributed by atoms with Crippen molar-refractivity contribution in [3.8, 4) is 0 Å². The van der Waals surface area contributed by atoms with Crippen molar-refractivity contribution in [3.05, 3.63) is 95.8 Å². The van der Waals surface area contributed by atoms with E-state index in [0.717, 1.165) is 27.2 Å². The van der Waals surface area contributed by atoms with E-state index in [0.29, 0.717) is 9.20 Å². The molecule has 0 radical (unpaired) electrons. The van der Waals surface area contributed by atoms with Crippen LogP contribution in [0, 0.1) is 6.92 Å². The van der Waals surface area contributed by atoms with E-state index >= 15 is 0 Å². The Morgan fingerprint density at radius 3 is 2.74 bits per heavy atom. The van der Waals surface area contributed by atoms with Crippen molar-refractivity contribution >= 4 is 57.2 Å². The number of carbonyl (C=O) groups excluding carboxylic acids is 1. The smallest absolute Gasteiger partial charge is 0.325 e. The Balaban J connectivity index is 1.64. The summed E-state index contributed by atoms with van der Waals surface area (Å²) >= 11 is 4.60. The molecule has 0 saturated heterocycles. The van der Waals surface area contributed by atoms with Crippen LogP contribution in [-0.2, 0) is 22.6 Å². The van der Waals surface area contributed by atoms with Crippen molar-refractivity contribution in [1.29, 1.82) is 0 Å². The quantitative estimate of drug-likeness (QED) is 0.298. The average molecular weight is 523 g/mol. The van der Waals surface area contributed by atoms with Gasteiger partial charge in [-0.15, -0.1) is 11.3 Å². The number of aromatic nitrogens is 2. The molecule has 3 heterocycles. The molecular weight excluding hydrogens is 499 g/mol. The van der Waals surface area contributed by atoms with Gasteiger partial charge in [0.1, 0.15) is 20.8 Å². The molecule has 9 heteroatoms. The SMILES string of the molecule is COC(=O)Cn1c(=O)/c(=C2\Sc3cc(C)ccc3N2C)s/c1=C\c1scc[n+]1Cc1ccccc1. The highest BCUT2D eigenvalue weighted by Crippen LogP contribution is 2.45. The van der Waals surface area contributed by atoms with Gasteiger partial charge in [0.25, 0.3) is 10.6 Å². The topological polar surface area (TPSA) is 55.4 Å². The number of carbonyl (C=O) groups is 1. The zero-order valence-corrected chi connectivity index (χ0v) is 22.0. The minimum atomic E-state index is -0.453. The van der Waals surface area contributed by atoms with Crippen LogP contribution < -0.4 is 24.2 Å². The number of benzene rings is 2. The second-order valence-electron chi connectivity index (χ2n) is 8.17. The fraction of sp³-hybridized carbons (Fsp3) is 0.192. The zero-order chi connectivity index (χ0) is 24.5. The van der Waals surface area contributed by atoms with Crippen LogP contribution in [0.25, 0.3) is 11.1 Å². The molecule has 0 N–H and O–H groups in total. The van der Waals surface area contributed by atoms with Gasteiger partial charge in [0.15, 0.2) is 12.7 Å².